The minimum Gasteiger partial charge on any atom is -0.455 e. The van der Waals surface area contributed by atoms with E-state index in [0.717, 1.165) is 22.5 Å². The van der Waals surface area contributed by atoms with E-state index in [0.29, 0.717) is 22.5 Å². The molecule has 0 radical (unpaired) electrons. The van der Waals surface area contributed by atoms with Crippen molar-refractivity contribution in [2.24, 2.45) is 0 Å². The molecule has 0 aliphatic carbocycles. The summed E-state index contributed by atoms with van der Waals surface area (Å²) >= 11 is 0. The molecular formula is C82H156N8O24P4. The first-order valence-electron chi connectivity index (χ1n) is 39.0. The van der Waals surface area contributed by atoms with E-state index >= 15 is 0 Å². The maximum absolute atomic E-state index is 13.5. The molecule has 0 saturated heterocycles. The lowest BCUT2D eigenvalue weighted by molar-refractivity contribution is -0.0115. The molecule has 0 amide bonds. The standard InChI is InChI=1S/2C24H45N2O6P.2C16H29N2O6P.2CH4/c1-16(2)17-18(20(27)30-22(6,7)8)26(25-19(17)21(3,4)5)15-29-33(28,31-23(9,10)11)32-24(12,13)14;1-16(2)17-18(20(27)30-22(6,7)8)25-26(19(17)21(3,4)5)15-29-33(28,31-23(9,10)11)32-24(12,13)14;1-10(2)11-12(14(19)24-16(6,7)8)18(9-23-25(20,21)22)17-13(11)15(3,4)5;1-10(2)11-12(14(19)24-16(6,7)8)17-18(9-23-25(20,21)22)13(11)15(3,4)5;;/h2*16H,15H2,1-14H3;2*10H,9H2,1-8H3,(H2,20,21,22);2*1H4. The Hall–Kier alpha value is -4.84. The van der Waals surface area contributed by atoms with Gasteiger partial charge in [-0.25, -0.2) is 56.2 Å². The number of aromatic nitrogens is 8. The van der Waals surface area contributed by atoms with Gasteiger partial charge in [-0.3, -0.25) is 36.2 Å². The molecule has 4 aromatic heterocycles. The summed E-state index contributed by atoms with van der Waals surface area (Å²) in [5, 5.41) is 17.9. The summed E-state index contributed by atoms with van der Waals surface area (Å²) in [7, 11) is -17.3. The van der Waals surface area contributed by atoms with E-state index in [9.17, 15) is 37.4 Å². The second-order valence-electron chi connectivity index (χ2n) is 41.8. The van der Waals surface area contributed by atoms with Crippen LogP contribution >= 0.6 is 31.3 Å². The number of carbonyl (C=O) groups is 4. The second kappa shape index (κ2) is 41.3. The molecule has 36 heteroatoms. The highest BCUT2D eigenvalue weighted by molar-refractivity contribution is 7.49. The molecule has 4 N–H and O–H groups in total. The first kappa shape index (κ1) is 115. The van der Waals surface area contributed by atoms with Crippen LogP contribution < -0.4 is 0 Å². The van der Waals surface area contributed by atoms with Crippen LogP contribution in [0.25, 0.3) is 0 Å². The number of rotatable bonds is 24. The van der Waals surface area contributed by atoms with Crippen LogP contribution in [0.3, 0.4) is 0 Å². The largest absolute Gasteiger partial charge is 0.477 e. The topological polar surface area (TPSA) is 400 Å². The molecule has 0 atom stereocenters. The Morgan fingerprint density at radius 1 is 0.297 bits per heavy atom. The van der Waals surface area contributed by atoms with E-state index in [1.54, 1.807) is 129 Å². The zero-order valence-electron chi connectivity index (χ0n) is 78.5. The number of esters is 4. The molecule has 0 aliphatic heterocycles. The molecule has 0 bridgehead atoms. The van der Waals surface area contributed by atoms with Crippen LogP contribution in [0.5, 0.6) is 0 Å². The summed E-state index contributed by atoms with van der Waals surface area (Å²) < 4.78 is 120. The van der Waals surface area contributed by atoms with Gasteiger partial charge in [0.1, 0.15) is 22.4 Å². The third-order valence-electron chi connectivity index (χ3n) is 14.4. The van der Waals surface area contributed by atoms with E-state index < -0.39 is 119 Å². The maximum atomic E-state index is 13.5. The molecule has 0 unspecified atom stereocenters. The molecule has 0 fully saturated rings. The Bertz CT molecular complexity index is 4110. The Morgan fingerprint density at radius 2 is 0.500 bits per heavy atom. The fourth-order valence-electron chi connectivity index (χ4n) is 11.2. The molecule has 4 aromatic rings. The lowest BCUT2D eigenvalue weighted by atomic mass is 9.85. The van der Waals surface area contributed by atoms with Gasteiger partial charge in [-0.2, -0.15) is 20.4 Å². The third-order valence-corrected chi connectivity index (χ3v) is 19.2. The average molecular weight is 1760 g/mol. The zero-order chi connectivity index (χ0) is 92.0. The van der Waals surface area contributed by atoms with Crippen molar-refractivity contribution in [3.8, 4) is 0 Å². The minimum atomic E-state index is -4.71. The number of phosphoric ester groups is 4. The van der Waals surface area contributed by atoms with Gasteiger partial charge in [0.15, 0.2) is 49.7 Å². The maximum Gasteiger partial charge on any atom is 0.477 e. The van der Waals surface area contributed by atoms with Crippen LogP contribution in [0.15, 0.2) is 0 Å². The van der Waals surface area contributed by atoms with Crippen molar-refractivity contribution in [3.63, 3.8) is 0 Å². The fourth-order valence-corrected chi connectivity index (χ4v) is 15.2. The van der Waals surface area contributed by atoms with Gasteiger partial charge in [0.25, 0.3) is 0 Å². The summed E-state index contributed by atoms with van der Waals surface area (Å²) in [6.07, 6.45) is 0. The lowest BCUT2D eigenvalue weighted by Crippen LogP contribution is -2.28. The third kappa shape index (κ3) is 40.2. The predicted octanol–water partition coefficient (Wildman–Crippen LogP) is 21.9. The van der Waals surface area contributed by atoms with Crippen molar-refractivity contribution in [1.82, 2.24) is 39.1 Å². The smallest absolute Gasteiger partial charge is 0.455 e. The van der Waals surface area contributed by atoms with Crippen LogP contribution in [0.2, 0.25) is 0 Å². The second-order valence-corrected chi connectivity index (χ2v) is 47.3. The van der Waals surface area contributed by atoms with Gasteiger partial charge in [-0.15, -0.1) is 0 Å². The van der Waals surface area contributed by atoms with Gasteiger partial charge in [0.05, 0.1) is 45.2 Å². The molecule has 688 valence electrons. The molecule has 118 heavy (non-hydrogen) atoms. The molecule has 4 heterocycles. The van der Waals surface area contributed by atoms with Crippen LogP contribution in [0.4, 0.5) is 0 Å². The summed E-state index contributed by atoms with van der Waals surface area (Å²) in [6, 6.07) is 0. The SMILES string of the molecule is C.C.CC(C)c1c(C(=O)OC(C)(C)C)nn(COP(=O)(O)O)c1C(C)(C)C.CC(C)c1c(C(=O)OC(C)(C)C)nn(COP(=O)(OC(C)(C)C)OC(C)(C)C)c1C(C)(C)C.CC(C)c1c(C(C)(C)C)nn(COP(=O)(O)O)c1C(=O)OC(C)(C)C.CC(C)c1c(C(C)(C)C)nn(COP(=O)(OC(C)(C)C)OC(C)(C)C)c1C(=O)OC(C)(C)C. The Kier molecular flexibility index (Phi) is 40.3. The summed E-state index contributed by atoms with van der Waals surface area (Å²) in [6.45, 7) is 80.7. The van der Waals surface area contributed by atoms with Gasteiger partial charge in [-0.1, -0.05) is 153 Å². The van der Waals surface area contributed by atoms with Gasteiger partial charge >= 0.3 is 55.2 Å². The van der Waals surface area contributed by atoms with Crippen molar-refractivity contribution >= 4 is 55.2 Å². The first-order valence-corrected chi connectivity index (χ1v) is 45.0. The summed E-state index contributed by atoms with van der Waals surface area (Å²) in [5.74, 6) is -2.28. The van der Waals surface area contributed by atoms with Crippen LogP contribution in [-0.4, -0.2) is 127 Å². The van der Waals surface area contributed by atoms with Crippen LogP contribution in [0.1, 0.15) is 430 Å². The number of hydrogen-bond donors (Lipinski definition) is 4. The molecule has 0 spiro atoms. The van der Waals surface area contributed by atoms with E-state index in [1.807, 2.05) is 180 Å². The highest BCUT2D eigenvalue weighted by Crippen LogP contribution is 2.57. The number of ether oxygens (including phenoxy) is 4. The molecule has 0 aromatic carbocycles. The predicted molar refractivity (Wildman–Crippen MR) is 461 cm³/mol. The Balaban J connectivity index is 0. The van der Waals surface area contributed by atoms with E-state index in [2.05, 4.69) is 24.3 Å². The van der Waals surface area contributed by atoms with Crippen molar-refractivity contribution in [2.45, 2.75) is 437 Å². The molecular weight excluding hydrogens is 1600 g/mol. The summed E-state index contributed by atoms with van der Waals surface area (Å²) in [4.78, 5) is 87.5. The highest BCUT2D eigenvalue weighted by Gasteiger charge is 2.44. The fraction of sp³-hybridized carbons (Fsp3) is 0.805. The van der Waals surface area contributed by atoms with Crippen molar-refractivity contribution < 1.29 is 112 Å². The zero-order valence-corrected chi connectivity index (χ0v) is 82.0. The van der Waals surface area contributed by atoms with Gasteiger partial charge < -0.3 is 38.5 Å². The van der Waals surface area contributed by atoms with Gasteiger partial charge in [0.2, 0.25) is 0 Å². The monoisotopic (exact) mass is 1760 g/mol. The van der Waals surface area contributed by atoms with Crippen molar-refractivity contribution in [2.75, 3.05) is 0 Å². The van der Waals surface area contributed by atoms with Crippen molar-refractivity contribution in [1.29, 1.82) is 0 Å². The molecule has 0 saturated carbocycles. The Morgan fingerprint density at radius 3 is 0.686 bits per heavy atom. The van der Waals surface area contributed by atoms with E-state index in [1.165, 1.54) is 14.0 Å². The lowest BCUT2D eigenvalue weighted by Gasteiger charge is -2.31. The Labute approximate surface area is 707 Å². The first-order chi connectivity index (χ1) is 50.9. The average Bonchev–Trinajstić information content (AvgIpc) is 1.63. The molecule has 0 aliphatic rings. The number of hydrogen-bond acceptors (Lipinski definition) is 24. The molecule has 4 rings (SSSR count). The van der Waals surface area contributed by atoms with Crippen molar-refractivity contribution in [3.05, 3.63) is 67.8 Å². The molecule has 32 nitrogen and oxygen atoms in total. The van der Waals surface area contributed by atoms with E-state index in [4.69, 9.17) is 70.8 Å². The quantitative estimate of drug-likeness (QED) is 0.0287. The highest BCUT2D eigenvalue weighted by atomic mass is 31.2. The van der Waals surface area contributed by atoms with Crippen LogP contribution in [0, 0.1) is 0 Å². The van der Waals surface area contributed by atoms with Crippen LogP contribution in [-0.2, 0) is 122 Å². The number of carbonyl (C=O) groups excluding carboxylic acids is 4. The summed E-state index contributed by atoms with van der Waals surface area (Å²) in [5.41, 5.74) is -0.690. The van der Waals surface area contributed by atoms with Gasteiger partial charge in [-0.05, 0) is 190 Å². The normalized spacial score (nSPS) is 13.6. The minimum absolute atomic E-state index is 0. The number of phosphoric acid groups is 4. The van der Waals surface area contributed by atoms with E-state index in [-0.39, 0.29) is 91.0 Å². The van der Waals surface area contributed by atoms with Gasteiger partial charge in [0, 0.05) is 43.9 Å². The number of nitrogens with zero attached hydrogens (tertiary/aromatic N) is 8.